The van der Waals surface area contributed by atoms with E-state index in [9.17, 15) is 8.42 Å². The molecule has 0 bridgehead atoms. The lowest BCUT2D eigenvalue weighted by atomic mass is 9.80. The third-order valence-electron chi connectivity index (χ3n) is 3.49. The van der Waals surface area contributed by atoms with Gasteiger partial charge in [0.1, 0.15) is 5.25 Å². The monoisotopic (exact) mass is 260 g/mol. The molecule has 1 aliphatic carbocycles. The Morgan fingerprint density at radius 3 is 2.59 bits per heavy atom. The molecule has 0 aromatic heterocycles. The van der Waals surface area contributed by atoms with E-state index in [2.05, 4.69) is 6.58 Å². The molecule has 0 amide bonds. The molecule has 98 valence electrons. The molecule has 1 aliphatic rings. The summed E-state index contributed by atoms with van der Waals surface area (Å²) in [5.41, 5.74) is 2.62. The predicted molar refractivity (Wildman–Crippen MR) is 67.3 cm³/mol. The van der Waals surface area contributed by atoms with Gasteiger partial charge in [-0.2, -0.15) is 8.42 Å². The zero-order chi connectivity index (χ0) is 13.2. The summed E-state index contributed by atoms with van der Waals surface area (Å²) >= 11 is 0. The maximum atomic E-state index is 11.2. The van der Waals surface area contributed by atoms with Gasteiger partial charge in [0.05, 0.1) is 6.61 Å². The van der Waals surface area contributed by atoms with Gasteiger partial charge in [0, 0.05) is 0 Å². The van der Waals surface area contributed by atoms with E-state index in [1.807, 2.05) is 13.8 Å². The molecule has 0 fully saturated rings. The standard InChI is InChI=1S/C12H20O4S/c1-8(2)10-5-4-9(3)11(6-10)12(7-13)17(14,15)16/h10,12-13H,1,4-7H2,2-3H3,(H,14,15,16)/t10-,12?/m1/s1. The first-order valence-corrected chi connectivity index (χ1v) is 7.18. The van der Waals surface area contributed by atoms with Crippen molar-refractivity contribution in [2.24, 2.45) is 5.92 Å². The molecule has 0 saturated heterocycles. The fraction of sp³-hybridized carbons (Fsp3) is 0.667. The molecular formula is C12H20O4S. The number of aliphatic hydroxyl groups excluding tert-OH is 1. The molecule has 0 radical (unpaired) electrons. The molecule has 2 atom stereocenters. The van der Waals surface area contributed by atoms with E-state index in [0.717, 1.165) is 24.0 Å². The normalized spacial score (nSPS) is 23.6. The second kappa shape index (κ2) is 5.33. The molecule has 0 heterocycles. The quantitative estimate of drug-likeness (QED) is 0.598. The highest BCUT2D eigenvalue weighted by atomic mass is 32.2. The van der Waals surface area contributed by atoms with Crippen LogP contribution >= 0.6 is 0 Å². The maximum absolute atomic E-state index is 11.2. The van der Waals surface area contributed by atoms with Crippen LogP contribution in [0.25, 0.3) is 0 Å². The van der Waals surface area contributed by atoms with E-state index in [1.54, 1.807) is 0 Å². The Balaban J connectivity index is 3.05. The summed E-state index contributed by atoms with van der Waals surface area (Å²) < 4.78 is 31.6. The topological polar surface area (TPSA) is 74.6 Å². The summed E-state index contributed by atoms with van der Waals surface area (Å²) in [5, 5.41) is 7.98. The van der Waals surface area contributed by atoms with Gasteiger partial charge >= 0.3 is 0 Å². The van der Waals surface area contributed by atoms with Gasteiger partial charge < -0.3 is 5.11 Å². The third-order valence-corrected chi connectivity index (χ3v) is 4.65. The van der Waals surface area contributed by atoms with E-state index in [0.29, 0.717) is 12.0 Å². The molecule has 0 aromatic carbocycles. The number of allylic oxidation sites excluding steroid dienone is 2. The number of aliphatic hydroxyl groups is 1. The fourth-order valence-electron chi connectivity index (χ4n) is 2.30. The summed E-state index contributed by atoms with van der Waals surface area (Å²) in [6.07, 6.45) is 2.30. The average Bonchev–Trinajstić information content (AvgIpc) is 2.19. The van der Waals surface area contributed by atoms with Crippen molar-refractivity contribution in [3.05, 3.63) is 23.3 Å². The molecule has 1 unspecified atom stereocenters. The summed E-state index contributed by atoms with van der Waals surface area (Å²) in [4.78, 5) is 0. The van der Waals surface area contributed by atoms with Crippen LogP contribution < -0.4 is 0 Å². The van der Waals surface area contributed by atoms with Gasteiger partial charge in [0.2, 0.25) is 0 Å². The highest BCUT2D eigenvalue weighted by Crippen LogP contribution is 2.36. The molecule has 4 nitrogen and oxygen atoms in total. The smallest absolute Gasteiger partial charge is 0.273 e. The first kappa shape index (κ1) is 14.4. The number of hydrogen-bond donors (Lipinski definition) is 2. The van der Waals surface area contributed by atoms with Crippen LogP contribution in [0.3, 0.4) is 0 Å². The van der Waals surface area contributed by atoms with Crippen molar-refractivity contribution in [2.45, 2.75) is 38.4 Å². The molecule has 0 aliphatic heterocycles. The van der Waals surface area contributed by atoms with Crippen molar-refractivity contribution in [3.63, 3.8) is 0 Å². The van der Waals surface area contributed by atoms with Gasteiger partial charge in [-0.05, 0) is 44.6 Å². The Bertz CT molecular complexity index is 433. The van der Waals surface area contributed by atoms with Crippen LogP contribution in [0.5, 0.6) is 0 Å². The Morgan fingerprint density at radius 2 is 2.18 bits per heavy atom. The Hall–Kier alpha value is -0.650. The lowest BCUT2D eigenvalue weighted by Gasteiger charge is -2.29. The molecule has 5 heteroatoms. The highest BCUT2D eigenvalue weighted by Gasteiger charge is 2.31. The summed E-state index contributed by atoms with van der Waals surface area (Å²) in [5.74, 6) is 0.240. The molecule has 1 rings (SSSR count). The summed E-state index contributed by atoms with van der Waals surface area (Å²) in [6.45, 7) is 7.09. The van der Waals surface area contributed by atoms with Crippen LogP contribution in [-0.2, 0) is 10.1 Å². The van der Waals surface area contributed by atoms with Crippen molar-refractivity contribution in [1.82, 2.24) is 0 Å². The third kappa shape index (κ3) is 3.40. The van der Waals surface area contributed by atoms with Crippen LogP contribution in [0.1, 0.15) is 33.1 Å². The number of rotatable bonds is 4. The van der Waals surface area contributed by atoms with Gasteiger partial charge in [-0.25, -0.2) is 0 Å². The van der Waals surface area contributed by atoms with Gasteiger partial charge in [0.15, 0.2) is 0 Å². The summed E-state index contributed by atoms with van der Waals surface area (Å²) in [7, 11) is -4.23. The van der Waals surface area contributed by atoms with Crippen LogP contribution in [0.4, 0.5) is 0 Å². The first-order chi connectivity index (χ1) is 7.77. The average molecular weight is 260 g/mol. The molecular weight excluding hydrogens is 240 g/mol. The Morgan fingerprint density at radius 1 is 1.59 bits per heavy atom. The second-order valence-electron chi connectivity index (χ2n) is 4.78. The zero-order valence-corrected chi connectivity index (χ0v) is 11.1. The van der Waals surface area contributed by atoms with Crippen molar-refractivity contribution in [3.8, 4) is 0 Å². The molecule has 17 heavy (non-hydrogen) atoms. The number of hydrogen-bond acceptors (Lipinski definition) is 3. The lowest BCUT2D eigenvalue weighted by molar-refractivity contribution is 0.288. The Labute approximate surface area is 103 Å². The Kier molecular flexibility index (Phi) is 4.52. The van der Waals surface area contributed by atoms with Crippen molar-refractivity contribution < 1.29 is 18.1 Å². The van der Waals surface area contributed by atoms with Crippen LogP contribution in [0, 0.1) is 5.92 Å². The van der Waals surface area contributed by atoms with Crippen molar-refractivity contribution >= 4 is 10.1 Å². The lowest BCUT2D eigenvalue weighted by Crippen LogP contribution is -2.30. The molecule has 0 spiro atoms. The fourth-order valence-corrected chi connectivity index (χ4v) is 3.15. The van der Waals surface area contributed by atoms with Gasteiger partial charge in [-0.1, -0.05) is 17.7 Å². The van der Waals surface area contributed by atoms with Gasteiger partial charge in [-0.15, -0.1) is 0 Å². The van der Waals surface area contributed by atoms with E-state index in [4.69, 9.17) is 9.66 Å². The minimum absolute atomic E-state index is 0.240. The molecule has 2 N–H and O–H groups in total. The van der Waals surface area contributed by atoms with Crippen molar-refractivity contribution in [2.75, 3.05) is 6.61 Å². The minimum Gasteiger partial charge on any atom is -0.395 e. The molecule has 0 aromatic rings. The predicted octanol–water partition coefficient (Wildman–Crippen LogP) is 1.93. The van der Waals surface area contributed by atoms with E-state index < -0.39 is 22.0 Å². The SMILES string of the molecule is C=C(C)[C@@H]1CCC(C)=C(C(CO)S(=O)(=O)O)C1. The highest BCUT2D eigenvalue weighted by molar-refractivity contribution is 7.86. The largest absolute Gasteiger partial charge is 0.395 e. The minimum atomic E-state index is -4.23. The van der Waals surface area contributed by atoms with Gasteiger partial charge in [0.25, 0.3) is 10.1 Å². The summed E-state index contributed by atoms with van der Waals surface area (Å²) in [6, 6.07) is 0. The maximum Gasteiger partial charge on any atom is 0.273 e. The van der Waals surface area contributed by atoms with Crippen LogP contribution in [-0.4, -0.2) is 29.9 Å². The second-order valence-corrected chi connectivity index (χ2v) is 6.38. The van der Waals surface area contributed by atoms with E-state index >= 15 is 0 Å². The first-order valence-electron chi connectivity index (χ1n) is 5.68. The van der Waals surface area contributed by atoms with E-state index in [1.165, 1.54) is 0 Å². The van der Waals surface area contributed by atoms with Crippen LogP contribution in [0.2, 0.25) is 0 Å². The molecule has 0 saturated carbocycles. The van der Waals surface area contributed by atoms with E-state index in [-0.39, 0.29) is 5.92 Å². The van der Waals surface area contributed by atoms with Crippen molar-refractivity contribution in [1.29, 1.82) is 0 Å². The van der Waals surface area contributed by atoms with Crippen LogP contribution in [0.15, 0.2) is 23.3 Å². The van der Waals surface area contributed by atoms with Gasteiger partial charge in [-0.3, -0.25) is 4.55 Å². The zero-order valence-electron chi connectivity index (χ0n) is 10.3.